The highest BCUT2D eigenvalue weighted by Gasteiger charge is 2.45. The van der Waals surface area contributed by atoms with Crippen LogP contribution in [0.15, 0.2) is 97.2 Å². The van der Waals surface area contributed by atoms with E-state index in [1.165, 1.54) is 38.1 Å². The number of aliphatic hydroxyl groups is 1. The Morgan fingerprint density at radius 1 is 0.724 bits per heavy atom. The molecule has 14 N–H and O–H groups in total. The number of hydrogen-bond acceptors (Lipinski definition) is 21. The number of H-pyrrole nitrogens is 1. The molecule has 14 atom stereocenters. The Morgan fingerprint density at radius 3 is 2.02 bits per heavy atom. The summed E-state index contributed by atoms with van der Waals surface area (Å²) in [4.78, 5) is 158. The summed E-state index contributed by atoms with van der Waals surface area (Å²) >= 11 is 6.40. The number of nitrogens with two attached hydrogens (primary N) is 2. The Balaban J connectivity index is 0.776. The number of likely N-dealkylation sites (N-methyl/N-ethyl adjacent to an activating group) is 2. The maximum atomic E-state index is 15.1. The number of aliphatic hydroxyl groups excluding tert-OH is 1. The number of hydrogen-bond donors (Lipinski definition) is 12. The third kappa shape index (κ3) is 28.5. The Labute approximate surface area is 750 Å². The number of methoxy groups -OCH3 is 2. The predicted octanol–water partition coefficient (Wildman–Crippen LogP) is 9.43. The fourth-order valence-corrected chi connectivity index (χ4v) is 16.8. The SMILES string of the molecule is CCC(C)[C@@H]([C@@H](CC(=O)N1CCC[C@H]1[C@H](OC)[C@@H](C)C(C)N[C@H](C)[C@@H](O)c1ccccc1)OC)N(C)C(=O)[C@@H](NC(=O)[C@H](C(C)C)N(C)C(=O)OCc1ccc(NC(=O)[C@H](C)NC(=O)[C@@H](NC(=O)[C@H](CCC(N)=O)NC(=O)CCOCCC(=O)NCCNc2ncc(-c3cc(C)cc(F)c3)c(N3CCC(N)CC3)c2-c2nc3ccc(Cl)cc3[nH]2)C(C)C)cc1)C(C)C. The highest BCUT2D eigenvalue weighted by atomic mass is 35.5. The molecule has 0 spiro atoms. The number of halogens is 2. The van der Waals surface area contributed by atoms with Gasteiger partial charge in [0.25, 0.3) is 0 Å². The average molecular weight is 1790 g/mol. The molecule has 0 saturated carbocycles. The first-order valence-corrected chi connectivity index (χ1v) is 44.7. The van der Waals surface area contributed by atoms with Crippen LogP contribution in [-0.2, 0) is 68.7 Å². The van der Waals surface area contributed by atoms with Gasteiger partial charge in [-0.05, 0) is 154 Å². The van der Waals surface area contributed by atoms with Gasteiger partial charge in [-0.2, -0.15) is 0 Å². The molecule has 34 heteroatoms. The van der Waals surface area contributed by atoms with Crippen molar-refractivity contribution < 1.29 is 76.4 Å². The van der Waals surface area contributed by atoms with Crippen molar-refractivity contribution in [3.63, 3.8) is 0 Å². The topological polar surface area (TPSA) is 431 Å². The Morgan fingerprint density at radius 2 is 1.39 bits per heavy atom. The number of nitrogens with zero attached hydrogens (tertiary/aromatic N) is 6. The van der Waals surface area contributed by atoms with Gasteiger partial charge < -0.3 is 97.7 Å². The number of aromatic nitrogens is 3. The van der Waals surface area contributed by atoms with Gasteiger partial charge in [0, 0.05) is 121 Å². The minimum atomic E-state index is -1.31. The number of anilines is 3. The number of piperidine rings is 1. The van der Waals surface area contributed by atoms with Crippen molar-refractivity contribution in [2.45, 2.75) is 240 Å². The van der Waals surface area contributed by atoms with Gasteiger partial charge >= 0.3 is 6.09 Å². The van der Waals surface area contributed by atoms with Crippen molar-refractivity contribution in [1.82, 2.24) is 61.6 Å². The number of nitrogens with one attached hydrogen (secondary N) is 9. The van der Waals surface area contributed by atoms with Gasteiger partial charge in [-0.25, -0.2) is 19.2 Å². The molecule has 2 aliphatic heterocycles. The van der Waals surface area contributed by atoms with Crippen LogP contribution >= 0.6 is 11.6 Å². The molecule has 4 aromatic carbocycles. The molecule has 2 aromatic heterocycles. The van der Waals surface area contributed by atoms with E-state index in [1.807, 2.05) is 88.9 Å². The molecule has 4 heterocycles. The molecule has 2 saturated heterocycles. The van der Waals surface area contributed by atoms with Crippen LogP contribution in [0.2, 0.25) is 5.02 Å². The van der Waals surface area contributed by atoms with Crippen molar-refractivity contribution in [3.8, 4) is 22.5 Å². The second-order valence-electron chi connectivity index (χ2n) is 34.8. The Kier molecular flexibility index (Phi) is 39.1. The molecule has 2 aliphatic rings. The maximum absolute atomic E-state index is 15.1. The van der Waals surface area contributed by atoms with Crippen molar-refractivity contribution in [3.05, 3.63) is 125 Å². The van der Waals surface area contributed by atoms with Crippen molar-refractivity contribution in [2.24, 2.45) is 41.1 Å². The summed E-state index contributed by atoms with van der Waals surface area (Å²) in [6, 6.07) is 19.1. The number of amides is 10. The van der Waals surface area contributed by atoms with Gasteiger partial charge in [-0.1, -0.05) is 129 Å². The lowest BCUT2D eigenvalue weighted by molar-refractivity contribution is -0.147. The van der Waals surface area contributed by atoms with Crippen LogP contribution < -0.4 is 58.9 Å². The first-order valence-electron chi connectivity index (χ1n) is 44.3. The number of primary amides is 1. The number of carbonyl (C=O) groups is 10. The zero-order chi connectivity index (χ0) is 93.2. The number of pyridine rings is 1. The lowest BCUT2D eigenvalue weighted by Crippen LogP contribution is -2.60. The van der Waals surface area contributed by atoms with E-state index in [2.05, 4.69) is 66.3 Å². The molecule has 696 valence electrons. The number of carbonyl (C=O) groups excluding carboxylic acids is 10. The predicted molar refractivity (Wildman–Crippen MR) is 488 cm³/mol. The zero-order valence-electron chi connectivity index (χ0n) is 76.6. The number of fused-ring (bicyclic) bond motifs is 1. The highest BCUT2D eigenvalue weighted by molar-refractivity contribution is 6.31. The number of benzene rings is 4. The highest BCUT2D eigenvalue weighted by Crippen LogP contribution is 2.44. The molecule has 8 rings (SSSR count). The minimum absolute atomic E-state index is 0.0192. The van der Waals surface area contributed by atoms with Gasteiger partial charge in [0.2, 0.25) is 53.2 Å². The summed E-state index contributed by atoms with van der Waals surface area (Å²) in [6.07, 6.45) is 1.91. The number of aromatic amines is 1. The molecule has 0 aliphatic carbocycles. The second-order valence-corrected chi connectivity index (χ2v) is 35.3. The third-order valence-electron chi connectivity index (χ3n) is 24.2. The van der Waals surface area contributed by atoms with Gasteiger partial charge in [0.15, 0.2) is 0 Å². The van der Waals surface area contributed by atoms with E-state index in [0.29, 0.717) is 81.7 Å². The van der Waals surface area contributed by atoms with Crippen molar-refractivity contribution in [2.75, 3.05) is 89.8 Å². The Hall–Kier alpha value is -10.4. The van der Waals surface area contributed by atoms with E-state index < -0.39 is 114 Å². The number of rotatable bonds is 47. The number of imidazole rings is 1. The fraction of sp³-hybridized carbons (Fsp3) is 0.570. The number of aryl methyl sites for hydroxylation is 1. The van der Waals surface area contributed by atoms with E-state index in [-0.39, 0.29) is 125 Å². The fourth-order valence-electron chi connectivity index (χ4n) is 16.7. The molecule has 6 aromatic rings. The van der Waals surface area contributed by atoms with Gasteiger partial charge in [-0.15, -0.1) is 0 Å². The quantitative estimate of drug-likeness (QED) is 0.0158. The van der Waals surface area contributed by atoms with Crippen LogP contribution in [0.1, 0.15) is 170 Å². The lowest BCUT2D eigenvalue weighted by Gasteiger charge is -2.41. The summed E-state index contributed by atoms with van der Waals surface area (Å²) < 4.78 is 38.8. The van der Waals surface area contributed by atoms with Crippen molar-refractivity contribution in [1.29, 1.82) is 0 Å². The first-order chi connectivity index (χ1) is 60.3. The Bertz CT molecular complexity index is 4650. The largest absolute Gasteiger partial charge is 0.445 e. The van der Waals surface area contributed by atoms with Crippen LogP contribution in [0, 0.1) is 42.3 Å². The van der Waals surface area contributed by atoms with Gasteiger partial charge in [0.1, 0.15) is 54.3 Å². The molecular weight excluding hydrogens is 1650 g/mol. The van der Waals surface area contributed by atoms with E-state index >= 15 is 4.39 Å². The zero-order valence-corrected chi connectivity index (χ0v) is 77.4. The monoisotopic (exact) mass is 1780 g/mol. The smallest absolute Gasteiger partial charge is 0.410 e. The summed E-state index contributed by atoms with van der Waals surface area (Å²) in [5.41, 5.74) is 18.4. The average Bonchev–Trinajstić information content (AvgIpc) is 1.70. The molecule has 0 radical (unpaired) electrons. The van der Waals surface area contributed by atoms with Crippen LogP contribution in [0.5, 0.6) is 0 Å². The van der Waals surface area contributed by atoms with Crippen molar-refractivity contribution >= 4 is 99.1 Å². The first kappa shape index (κ1) is 102. The van der Waals surface area contributed by atoms with E-state index in [4.69, 9.17) is 52.0 Å². The van der Waals surface area contributed by atoms with Crippen LogP contribution in [0.3, 0.4) is 0 Å². The number of ether oxygens (including phenoxy) is 4. The lowest BCUT2D eigenvalue weighted by atomic mass is 9.88. The molecular formula is C93H135ClFN17O15. The van der Waals surface area contributed by atoms with E-state index in [1.54, 1.807) is 89.3 Å². The van der Waals surface area contributed by atoms with E-state index in [9.17, 15) is 53.1 Å². The summed E-state index contributed by atoms with van der Waals surface area (Å²) in [5.74, 6) is -5.97. The molecule has 10 amide bonds. The summed E-state index contributed by atoms with van der Waals surface area (Å²) in [6.45, 7) is 25.7. The molecule has 2 fully saturated rings. The summed E-state index contributed by atoms with van der Waals surface area (Å²) in [7, 11) is 6.31. The van der Waals surface area contributed by atoms with Crippen LogP contribution in [-0.4, -0.2) is 241 Å². The molecule has 0 bridgehead atoms. The summed E-state index contributed by atoms with van der Waals surface area (Å²) in [5, 5.41) is 35.1. The van der Waals surface area contributed by atoms with E-state index in [0.717, 1.165) is 42.5 Å². The van der Waals surface area contributed by atoms with Crippen LogP contribution in [0.4, 0.5) is 26.4 Å². The minimum Gasteiger partial charge on any atom is -0.445 e. The molecule has 2 unspecified atom stereocenters. The number of likely N-dealkylation sites (tertiary alicyclic amines) is 1. The normalized spacial score (nSPS) is 16.8. The molecule has 127 heavy (non-hydrogen) atoms. The second kappa shape index (κ2) is 48.7. The van der Waals surface area contributed by atoms with Crippen LogP contribution in [0.25, 0.3) is 33.5 Å². The van der Waals surface area contributed by atoms with Gasteiger partial charge in [0.05, 0.1) is 72.3 Å². The standard InChI is InChI=1S/C93H135ClFN17O15/c1-18-56(9)82(73(124-16)49-77(116)112-40-22-25-72(112)85(125-17)57(10)58(11)101-59(12)84(117)62-23-20-19-21-24-62)109(14)92(122)80(53(4)5)108-91(121)81(54(6)7)110(15)93(123)127-51-61-26-29-67(30-27-61)103-88(118)60(13)102-90(120)79(52(2)3)107-89(119)70(32-33-74(97)113)104-76(115)37-44-126-43-36-75(114)98-38-39-99-86-78(87-105-69-31-28-64(94)48-71(69)106-87)83(111-41-34-66(96)35-42-111)68(50-100-86)63-45-55(8)46-65(95)47-63/h19-21,23-24,26-31,45-48,50,52-54,56-60,66,70,72-73,79-82,84-85,101,117H,18,22,25,32-44,49,51,96H2,1-17H3,(H2,97,113)(H,98,114)(H,99,100)(H,102,120)(H,103,118)(H,104,115)(H,105,106)(H,107,119)(H,108,121)/t56?,57-,58?,59+,60-,70-,72-,73+,79-,80-,81-,82-,84+,85+/m0/s1. The third-order valence-corrected chi connectivity index (χ3v) is 24.4. The molecule has 32 nitrogen and oxygen atoms in total. The maximum Gasteiger partial charge on any atom is 0.410 e. The van der Waals surface area contributed by atoms with Gasteiger partial charge in [-0.3, -0.25) is 48.1 Å².